The fourth-order valence-corrected chi connectivity index (χ4v) is 4.30. The summed E-state index contributed by atoms with van der Waals surface area (Å²) in [4.78, 5) is 4.45. The number of nitrogens with zero attached hydrogens (tertiary/aromatic N) is 2. The number of rotatable bonds is 3. The average Bonchev–Trinajstić information content (AvgIpc) is 3.14. The molecule has 0 bridgehead atoms. The van der Waals surface area contributed by atoms with Crippen molar-refractivity contribution in [1.29, 1.82) is 0 Å². The maximum atomic E-state index is 4.45. The van der Waals surface area contributed by atoms with Gasteiger partial charge in [0.15, 0.2) is 0 Å². The average molecular weight is 297 g/mol. The van der Waals surface area contributed by atoms with Crippen molar-refractivity contribution in [3.63, 3.8) is 0 Å². The summed E-state index contributed by atoms with van der Waals surface area (Å²) in [6.45, 7) is 3.35. The van der Waals surface area contributed by atoms with E-state index in [0.29, 0.717) is 12.1 Å². The summed E-state index contributed by atoms with van der Waals surface area (Å²) >= 11 is 1.84. The summed E-state index contributed by atoms with van der Waals surface area (Å²) < 4.78 is 3.68. The Morgan fingerprint density at radius 1 is 1.38 bits per heavy atom. The molecule has 0 fully saturated rings. The van der Waals surface area contributed by atoms with Gasteiger partial charge in [-0.05, 0) is 35.7 Å². The Bertz CT molecular complexity index is 758. The third kappa shape index (κ3) is 2.39. The number of hydrogen-bond donors (Lipinski definition) is 1. The molecule has 3 nitrogen and oxygen atoms in total. The summed E-state index contributed by atoms with van der Waals surface area (Å²) in [6, 6.07) is 9.70. The molecule has 4 rings (SSSR count). The van der Waals surface area contributed by atoms with E-state index in [2.05, 4.69) is 57.6 Å². The van der Waals surface area contributed by atoms with E-state index in [0.717, 1.165) is 13.0 Å². The summed E-state index contributed by atoms with van der Waals surface area (Å²) in [5.41, 5.74) is 1.41. The maximum Gasteiger partial charge on any atom is 0.110 e. The highest BCUT2D eigenvalue weighted by Crippen LogP contribution is 2.29. The first-order valence-electron chi connectivity index (χ1n) is 7.53. The first kappa shape index (κ1) is 13.0. The van der Waals surface area contributed by atoms with Crippen LogP contribution in [-0.2, 0) is 13.0 Å². The van der Waals surface area contributed by atoms with Gasteiger partial charge in [-0.15, -0.1) is 11.3 Å². The molecule has 3 heterocycles. The van der Waals surface area contributed by atoms with Crippen LogP contribution in [0.15, 0.2) is 42.0 Å². The van der Waals surface area contributed by atoms with E-state index in [1.807, 2.05) is 17.5 Å². The molecular formula is C17H19N3S. The first-order valence-corrected chi connectivity index (χ1v) is 8.41. The zero-order valence-electron chi connectivity index (χ0n) is 12.1. The second-order valence-corrected chi connectivity index (χ2v) is 6.72. The number of aromatic nitrogens is 2. The smallest absolute Gasteiger partial charge is 0.110 e. The van der Waals surface area contributed by atoms with Crippen LogP contribution in [0, 0.1) is 0 Å². The molecule has 3 aromatic rings. The van der Waals surface area contributed by atoms with Gasteiger partial charge in [0.2, 0.25) is 0 Å². The van der Waals surface area contributed by atoms with Gasteiger partial charge >= 0.3 is 0 Å². The molecule has 1 N–H and O–H groups in total. The molecule has 2 unspecified atom stereocenters. The van der Waals surface area contributed by atoms with Crippen molar-refractivity contribution in [2.45, 2.75) is 38.4 Å². The van der Waals surface area contributed by atoms with Crippen LogP contribution in [0.5, 0.6) is 0 Å². The fourth-order valence-electron chi connectivity index (χ4n) is 3.29. The van der Waals surface area contributed by atoms with Crippen LogP contribution in [0.3, 0.4) is 0 Å². The van der Waals surface area contributed by atoms with Crippen molar-refractivity contribution in [3.05, 3.63) is 53.4 Å². The van der Waals surface area contributed by atoms with Crippen molar-refractivity contribution in [2.24, 2.45) is 0 Å². The highest BCUT2D eigenvalue weighted by atomic mass is 32.1. The lowest BCUT2D eigenvalue weighted by Crippen LogP contribution is -2.37. The number of imidazole rings is 1. The molecule has 108 valence electrons. The van der Waals surface area contributed by atoms with Crippen molar-refractivity contribution in [1.82, 2.24) is 14.9 Å². The Kier molecular flexibility index (Phi) is 3.28. The van der Waals surface area contributed by atoms with Crippen molar-refractivity contribution >= 4 is 21.4 Å². The lowest BCUT2D eigenvalue weighted by molar-refractivity contribution is 0.366. The second kappa shape index (κ2) is 5.28. The number of benzene rings is 1. The monoisotopic (exact) mass is 297 g/mol. The number of fused-ring (bicyclic) bond motifs is 2. The van der Waals surface area contributed by atoms with Crippen molar-refractivity contribution in [2.75, 3.05) is 0 Å². The van der Waals surface area contributed by atoms with Crippen LogP contribution >= 0.6 is 11.3 Å². The number of hydrogen-bond acceptors (Lipinski definition) is 3. The van der Waals surface area contributed by atoms with Gasteiger partial charge in [-0.3, -0.25) is 0 Å². The van der Waals surface area contributed by atoms with E-state index < -0.39 is 0 Å². The minimum absolute atomic E-state index is 0.374. The van der Waals surface area contributed by atoms with Crippen LogP contribution in [0.2, 0.25) is 0 Å². The zero-order chi connectivity index (χ0) is 14.2. The summed E-state index contributed by atoms with van der Waals surface area (Å²) in [5, 5.41) is 7.33. The van der Waals surface area contributed by atoms with Crippen molar-refractivity contribution < 1.29 is 0 Å². The molecule has 1 aromatic carbocycles. The molecule has 0 spiro atoms. The van der Waals surface area contributed by atoms with Gasteiger partial charge in [-0.1, -0.05) is 18.2 Å². The molecule has 0 radical (unpaired) electrons. The lowest BCUT2D eigenvalue weighted by atomic mass is 10.0. The summed E-state index contributed by atoms with van der Waals surface area (Å²) in [5.74, 6) is 1.21. The van der Waals surface area contributed by atoms with Crippen molar-refractivity contribution in [3.8, 4) is 0 Å². The second-order valence-electron chi connectivity index (χ2n) is 5.80. The van der Waals surface area contributed by atoms with E-state index in [4.69, 9.17) is 0 Å². The molecule has 0 amide bonds. The largest absolute Gasteiger partial charge is 0.335 e. The Morgan fingerprint density at radius 3 is 3.29 bits per heavy atom. The summed E-state index contributed by atoms with van der Waals surface area (Å²) in [6.07, 6.45) is 6.20. The third-order valence-corrected chi connectivity index (χ3v) is 5.39. The van der Waals surface area contributed by atoms with Gasteiger partial charge in [0.25, 0.3) is 0 Å². The van der Waals surface area contributed by atoms with E-state index >= 15 is 0 Å². The standard InChI is InChI=1S/C17H19N3S/c1-12(15-4-2-3-13-6-10-21-17(13)15)19-14-5-8-20-9-7-18-16(20)11-14/h2-4,6-7,9-10,12,14,19H,5,8,11H2,1H3. The molecule has 1 aliphatic rings. The van der Waals surface area contributed by atoms with Crippen LogP contribution in [0.4, 0.5) is 0 Å². The van der Waals surface area contributed by atoms with Gasteiger partial charge in [0, 0.05) is 42.1 Å². The van der Waals surface area contributed by atoms with E-state index in [-0.39, 0.29) is 0 Å². The SMILES string of the molecule is CC(NC1CCn2ccnc2C1)c1cccc2ccsc12. The van der Waals surface area contributed by atoms with Crippen LogP contribution < -0.4 is 5.32 Å². The third-order valence-electron chi connectivity index (χ3n) is 4.41. The van der Waals surface area contributed by atoms with Gasteiger partial charge in [-0.2, -0.15) is 0 Å². The number of nitrogens with one attached hydrogen (secondary N) is 1. The lowest BCUT2D eigenvalue weighted by Gasteiger charge is -2.28. The molecule has 4 heteroatoms. The topological polar surface area (TPSA) is 29.9 Å². The van der Waals surface area contributed by atoms with Crippen LogP contribution in [0.1, 0.15) is 30.8 Å². The van der Waals surface area contributed by atoms with Crippen LogP contribution in [-0.4, -0.2) is 15.6 Å². The molecular weight excluding hydrogens is 278 g/mol. The predicted octanol–water partition coefficient (Wildman–Crippen LogP) is 3.76. The quantitative estimate of drug-likeness (QED) is 0.797. The van der Waals surface area contributed by atoms with E-state index in [1.165, 1.54) is 27.9 Å². The zero-order valence-corrected chi connectivity index (χ0v) is 12.9. The molecule has 2 atom stereocenters. The van der Waals surface area contributed by atoms with E-state index in [9.17, 15) is 0 Å². The van der Waals surface area contributed by atoms with Crippen LogP contribution in [0.25, 0.3) is 10.1 Å². The fraction of sp³-hybridized carbons (Fsp3) is 0.353. The van der Waals surface area contributed by atoms with Gasteiger partial charge in [0.1, 0.15) is 5.82 Å². The minimum Gasteiger partial charge on any atom is -0.335 e. The van der Waals surface area contributed by atoms with Gasteiger partial charge < -0.3 is 9.88 Å². The number of aryl methyl sites for hydroxylation is 1. The molecule has 0 saturated heterocycles. The Hall–Kier alpha value is -1.65. The van der Waals surface area contributed by atoms with E-state index in [1.54, 1.807) is 0 Å². The first-order chi connectivity index (χ1) is 10.3. The minimum atomic E-state index is 0.374. The maximum absolute atomic E-state index is 4.45. The molecule has 1 aliphatic heterocycles. The Morgan fingerprint density at radius 2 is 2.33 bits per heavy atom. The Balaban J connectivity index is 1.54. The molecule has 0 aliphatic carbocycles. The normalized spacial score (nSPS) is 19.6. The molecule has 0 saturated carbocycles. The Labute approximate surface area is 128 Å². The molecule has 2 aromatic heterocycles. The summed E-state index contributed by atoms with van der Waals surface area (Å²) in [7, 11) is 0. The van der Waals surface area contributed by atoms with Gasteiger partial charge in [-0.25, -0.2) is 4.98 Å². The highest BCUT2D eigenvalue weighted by molar-refractivity contribution is 7.17. The van der Waals surface area contributed by atoms with Gasteiger partial charge in [0.05, 0.1) is 0 Å². The molecule has 21 heavy (non-hydrogen) atoms. The number of thiophene rings is 1. The predicted molar refractivity (Wildman–Crippen MR) is 87.7 cm³/mol. The highest BCUT2D eigenvalue weighted by Gasteiger charge is 2.21.